The van der Waals surface area contributed by atoms with Crippen LogP contribution in [-0.2, 0) is 7.05 Å². The minimum Gasteiger partial charge on any atom is -0.493 e. The molecule has 0 saturated carbocycles. The fourth-order valence-electron chi connectivity index (χ4n) is 2.45. The van der Waals surface area contributed by atoms with Gasteiger partial charge in [-0.15, -0.1) is 0 Å². The van der Waals surface area contributed by atoms with Gasteiger partial charge in [-0.25, -0.2) is 0 Å². The van der Waals surface area contributed by atoms with Gasteiger partial charge in [0, 0.05) is 25.4 Å². The first-order chi connectivity index (χ1) is 11.6. The van der Waals surface area contributed by atoms with Gasteiger partial charge in [0.25, 0.3) is 5.91 Å². The molecule has 7 heteroatoms. The Bertz CT molecular complexity index is 684. The van der Waals surface area contributed by atoms with Crippen molar-refractivity contribution in [2.24, 2.45) is 12.8 Å². The zero-order valence-corrected chi connectivity index (χ0v) is 14.3. The van der Waals surface area contributed by atoms with Crippen molar-refractivity contribution in [2.75, 3.05) is 20.3 Å². The standard InChI is InChI=1S/C17H24N4O3/c1-4-13(14-7-9-19-21(14)2)20-17(22)12-5-6-15(23-3)16(11-12)24-10-8-18/h5-7,9,11,13H,4,8,10,18H2,1-3H3,(H,20,22)/t13-/m1/s1. The number of aryl methyl sites for hydroxylation is 1. The summed E-state index contributed by atoms with van der Waals surface area (Å²) in [5.74, 6) is 0.895. The van der Waals surface area contributed by atoms with Crippen LogP contribution in [0.15, 0.2) is 30.5 Å². The Morgan fingerprint density at radius 2 is 2.17 bits per heavy atom. The fraction of sp³-hybridized carbons (Fsp3) is 0.412. The third-order valence-electron chi connectivity index (χ3n) is 3.73. The van der Waals surface area contributed by atoms with Crippen LogP contribution in [0.1, 0.15) is 35.4 Å². The van der Waals surface area contributed by atoms with Gasteiger partial charge in [-0.3, -0.25) is 9.48 Å². The van der Waals surface area contributed by atoms with Crippen LogP contribution in [0.5, 0.6) is 11.5 Å². The molecule has 0 bridgehead atoms. The molecule has 2 aromatic rings. The minimum atomic E-state index is -0.177. The van der Waals surface area contributed by atoms with E-state index in [2.05, 4.69) is 10.4 Å². The van der Waals surface area contributed by atoms with Crippen LogP contribution < -0.4 is 20.5 Å². The van der Waals surface area contributed by atoms with Gasteiger partial charge < -0.3 is 20.5 Å². The number of hydrogen-bond acceptors (Lipinski definition) is 5. The lowest BCUT2D eigenvalue weighted by molar-refractivity contribution is 0.0933. The highest BCUT2D eigenvalue weighted by atomic mass is 16.5. The van der Waals surface area contributed by atoms with Crippen molar-refractivity contribution in [3.05, 3.63) is 41.7 Å². The van der Waals surface area contributed by atoms with E-state index in [4.69, 9.17) is 15.2 Å². The molecule has 0 unspecified atom stereocenters. The molecule has 1 aromatic carbocycles. The summed E-state index contributed by atoms with van der Waals surface area (Å²) in [4.78, 5) is 12.6. The second kappa shape index (κ2) is 8.35. The van der Waals surface area contributed by atoms with E-state index in [-0.39, 0.29) is 11.9 Å². The van der Waals surface area contributed by atoms with E-state index in [1.165, 1.54) is 0 Å². The summed E-state index contributed by atoms with van der Waals surface area (Å²) in [5.41, 5.74) is 6.93. The van der Waals surface area contributed by atoms with Gasteiger partial charge in [0.15, 0.2) is 11.5 Å². The lowest BCUT2D eigenvalue weighted by Gasteiger charge is -2.18. The summed E-state index contributed by atoms with van der Waals surface area (Å²) in [5, 5.41) is 7.18. The van der Waals surface area contributed by atoms with E-state index in [0.717, 1.165) is 12.1 Å². The quantitative estimate of drug-likeness (QED) is 0.767. The molecule has 1 heterocycles. The predicted octanol–water partition coefficient (Wildman–Crippen LogP) is 1.65. The van der Waals surface area contributed by atoms with Gasteiger partial charge in [-0.1, -0.05) is 6.92 Å². The number of hydrogen-bond donors (Lipinski definition) is 2. The Morgan fingerprint density at radius 1 is 1.38 bits per heavy atom. The molecular weight excluding hydrogens is 308 g/mol. The van der Waals surface area contributed by atoms with Crippen molar-refractivity contribution in [1.82, 2.24) is 15.1 Å². The first-order valence-corrected chi connectivity index (χ1v) is 7.90. The van der Waals surface area contributed by atoms with E-state index < -0.39 is 0 Å². The summed E-state index contributed by atoms with van der Waals surface area (Å²) < 4.78 is 12.6. The van der Waals surface area contributed by atoms with Gasteiger partial charge in [-0.2, -0.15) is 5.10 Å². The highest BCUT2D eigenvalue weighted by Crippen LogP contribution is 2.28. The molecule has 0 fully saturated rings. The van der Waals surface area contributed by atoms with Crippen molar-refractivity contribution in [2.45, 2.75) is 19.4 Å². The van der Waals surface area contributed by atoms with Gasteiger partial charge in [0.2, 0.25) is 0 Å². The first kappa shape index (κ1) is 17.8. The minimum absolute atomic E-state index is 0.111. The summed E-state index contributed by atoms with van der Waals surface area (Å²) >= 11 is 0. The number of benzene rings is 1. The van der Waals surface area contributed by atoms with E-state index in [9.17, 15) is 4.79 Å². The zero-order chi connectivity index (χ0) is 17.5. The predicted molar refractivity (Wildman–Crippen MR) is 91.2 cm³/mol. The van der Waals surface area contributed by atoms with E-state index in [1.807, 2.05) is 20.0 Å². The Kier molecular flexibility index (Phi) is 6.20. The van der Waals surface area contributed by atoms with Crippen molar-refractivity contribution in [3.63, 3.8) is 0 Å². The van der Waals surface area contributed by atoms with Crippen LogP contribution in [0.3, 0.4) is 0 Å². The number of nitrogens with zero attached hydrogens (tertiary/aromatic N) is 2. The number of nitrogens with two attached hydrogens (primary N) is 1. The largest absolute Gasteiger partial charge is 0.493 e. The van der Waals surface area contributed by atoms with Crippen LogP contribution in [0.25, 0.3) is 0 Å². The third kappa shape index (κ3) is 4.05. The molecule has 0 spiro atoms. The smallest absolute Gasteiger partial charge is 0.251 e. The van der Waals surface area contributed by atoms with Gasteiger partial charge in [-0.05, 0) is 30.7 Å². The summed E-state index contributed by atoms with van der Waals surface area (Å²) in [6.07, 6.45) is 2.48. The lowest BCUT2D eigenvalue weighted by Crippen LogP contribution is -2.29. The fourth-order valence-corrected chi connectivity index (χ4v) is 2.45. The molecular formula is C17H24N4O3. The maximum Gasteiger partial charge on any atom is 0.251 e. The normalized spacial score (nSPS) is 11.8. The summed E-state index contributed by atoms with van der Waals surface area (Å²) in [6.45, 7) is 2.76. The van der Waals surface area contributed by atoms with E-state index >= 15 is 0 Å². The van der Waals surface area contributed by atoms with Crippen LogP contribution >= 0.6 is 0 Å². The number of nitrogens with one attached hydrogen (secondary N) is 1. The molecule has 130 valence electrons. The molecule has 2 rings (SSSR count). The Hall–Kier alpha value is -2.54. The highest BCUT2D eigenvalue weighted by Gasteiger charge is 2.18. The zero-order valence-electron chi connectivity index (χ0n) is 14.3. The van der Waals surface area contributed by atoms with E-state index in [0.29, 0.717) is 30.2 Å². The van der Waals surface area contributed by atoms with Crippen molar-refractivity contribution >= 4 is 5.91 Å². The monoisotopic (exact) mass is 332 g/mol. The number of rotatable bonds is 8. The van der Waals surface area contributed by atoms with Crippen molar-refractivity contribution in [3.8, 4) is 11.5 Å². The topological polar surface area (TPSA) is 91.4 Å². The molecule has 1 amide bonds. The Balaban J connectivity index is 2.18. The van der Waals surface area contributed by atoms with Crippen LogP contribution in [-0.4, -0.2) is 35.9 Å². The SMILES string of the molecule is CC[C@@H](NC(=O)c1ccc(OC)c(OCCN)c1)c1ccnn1C. The van der Waals surface area contributed by atoms with Crippen molar-refractivity contribution < 1.29 is 14.3 Å². The molecule has 1 atom stereocenters. The average molecular weight is 332 g/mol. The van der Waals surface area contributed by atoms with Gasteiger partial charge in [0.1, 0.15) is 6.61 Å². The van der Waals surface area contributed by atoms with Crippen LogP contribution in [0.2, 0.25) is 0 Å². The highest BCUT2D eigenvalue weighted by molar-refractivity contribution is 5.95. The molecule has 0 aliphatic carbocycles. The second-order valence-corrected chi connectivity index (χ2v) is 5.32. The average Bonchev–Trinajstić information content (AvgIpc) is 3.03. The molecule has 1 aromatic heterocycles. The maximum atomic E-state index is 12.6. The van der Waals surface area contributed by atoms with Gasteiger partial charge >= 0.3 is 0 Å². The third-order valence-corrected chi connectivity index (χ3v) is 3.73. The van der Waals surface area contributed by atoms with E-state index in [1.54, 1.807) is 36.2 Å². The molecule has 0 aliphatic heterocycles. The lowest BCUT2D eigenvalue weighted by atomic mass is 10.1. The summed E-state index contributed by atoms with van der Waals surface area (Å²) in [6, 6.07) is 6.88. The Labute approximate surface area is 141 Å². The summed E-state index contributed by atoms with van der Waals surface area (Å²) in [7, 11) is 3.41. The molecule has 0 radical (unpaired) electrons. The number of aromatic nitrogens is 2. The molecule has 3 N–H and O–H groups in total. The van der Waals surface area contributed by atoms with Crippen LogP contribution in [0, 0.1) is 0 Å². The molecule has 0 saturated heterocycles. The van der Waals surface area contributed by atoms with Gasteiger partial charge in [0.05, 0.1) is 18.8 Å². The number of amides is 1. The Morgan fingerprint density at radius 3 is 2.75 bits per heavy atom. The second-order valence-electron chi connectivity index (χ2n) is 5.32. The number of methoxy groups -OCH3 is 1. The van der Waals surface area contributed by atoms with Crippen LogP contribution in [0.4, 0.5) is 0 Å². The number of carbonyl (C=O) groups excluding carboxylic acids is 1. The first-order valence-electron chi connectivity index (χ1n) is 7.90. The molecule has 0 aliphatic rings. The number of ether oxygens (including phenoxy) is 2. The van der Waals surface area contributed by atoms with Crippen molar-refractivity contribution in [1.29, 1.82) is 0 Å². The number of carbonyl (C=O) groups is 1. The molecule has 7 nitrogen and oxygen atoms in total. The molecule has 24 heavy (non-hydrogen) atoms. The maximum absolute atomic E-state index is 12.6.